The second-order valence-electron chi connectivity index (χ2n) is 2.79. The lowest BCUT2D eigenvalue weighted by Crippen LogP contribution is -2.19. The predicted octanol–water partition coefficient (Wildman–Crippen LogP) is 0.530. The molecule has 60 valence electrons. The normalized spacial score (nSPS) is 24.3. The van der Waals surface area contributed by atoms with Gasteiger partial charge in [-0.15, -0.1) is 0 Å². The second-order valence-corrected chi connectivity index (χ2v) is 2.79. The molecule has 0 N–H and O–H groups in total. The van der Waals surface area contributed by atoms with Gasteiger partial charge in [-0.05, 0) is 25.4 Å². The van der Waals surface area contributed by atoms with Gasteiger partial charge in [0.05, 0.1) is 0 Å². The summed E-state index contributed by atoms with van der Waals surface area (Å²) in [7, 11) is 0. The van der Waals surface area contributed by atoms with E-state index in [2.05, 4.69) is 23.7 Å². The fraction of sp³-hybridized carbons (Fsp3) is 0.667. The van der Waals surface area contributed by atoms with E-state index in [1.165, 1.54) is 0 Å². The zero-order chi connectivity index (χ0) is 8.10. The molecule has 0 aliphatic carbocycles. The van der Waals surface area contributed by atoms with Gasteiger partial charge in [0, 0.05) is 12.5 Å². The number of hydrogen-bond donors (Lipinski definition) is 0. The highest BCUT2D eigenvalue weighted by molar-refractivity contribution is 5.72. The lowest BCUT2D eigenvalue weighted by atomic mass is 10.1. The lowest BCUT2D eigenvalue weighted by Gasteiger charge is -2.09. The van der Waals surface area contributed by atoms with Crippen molar-refractivity contribution in [3.8, 4) is 11.8 Å². The molecule has 11 heavy (non-hydrogen) atoms. The van der Waals surface area contributed by atoms with E-state index in [0.717, 1.165) is 26.1 Å². The molecule has 0 amide bonds. The van der Waals surface area contributed by atoms with Crippen molar-refractivity contribution in [2.75, 3.05) is 19.6 Å². The van der Waals surface area contributed by atoms with Gasteiger partial charge in [0.25, 0.3) is 0 Å². The average Bonchev–Trinajstić information content (AvgIpc) is 2.48. The maximum atomic E-state index is 9.93. The molecule has 0 bridgehead atoms. The van der Waals surface area contributed by atoms with E-state index in [0.29, 0.717) is 12.2 Å². The fourth-order valence-corrected chi connectivity index (χ4v) is 1.39. The van der Waals surface area contributed by atoms with E-state index >= 15 is 0 Å². The van der Waals surface area contributed by atoms with Crippen LogP contribution in [0.25, 0.3) is 0 Å². The Bertz CT molecular complexity index is 189. The monoisotopic (exact) mass is 151 g/mol. The molecule has 1 saturated heterocycles. The van der Waals surface area contributed by atoms with Crippen LogP contribution in [-0.2, 0) is 4.79 Å². The minimum absolute atomic E-state index is 0.431. The first-order valence-corrected chi connectivity index (χ1v) is 4.04. The number of hydrogen-bond acceptors (Lipinski definition) is 2. The van der Waals surface area contributed by atoms with Crippen LogP contribution in [0.2, 0.25) is 0 Å². The summed E-state index contributed by atoms with van der Waals surface area (Å²) in [4.78, 5) is 12.3. The van der Waals surface area contributed by atoms with Gasteiger partial charge in [0.2, 0.25) is 0 Å². The number of rotatable bonds is 1. The fourth-order valence-electron chi connectivity index (χ4n) is 1.39. The second kappa shape index (κ2) is 4.15. The highest BCUT2D eigenvalue weighted by Gasteiger charge is 2.18. The van der Waals surface area contributed by atoms with Crippen LogP contribution in [-0.4, -0.2) is 30.8 Å². The Kier molecular flexibility index (Phi) is 3.13. The molecule has 1 aliphatic heterocycles. The Morgan fingerprint density at radius 3 is 3.09 bits per heavy atom. The molecule has 0 saturated carbocycles. The summed E-state index contributed by atoms with van der Waals surface area (Å²) in [6.07, 6.45) is 1.79. The summed E-state index contributed by atoms with van der Waals surface area (Å²) in [5.74, 6) is 5.84. The minimum atomic E-state index is 0.431. The van der Waals surface area contributed by atoms with E-state index in [1.807, 2.05) is 0 Å². The van der Waals surface area contributed by atoms with Crippen molar-refractivity contribution in [3.63, 3.8) is 0 Å². The standard InChI is InChI=1S/C9H13NO/c1-2-10-6-5-9(8-10)4-3-7-11/h7,9H,2,5-6,8H2,1H3. The highest BCUT2D eigenvalue weighted by atomic mass is 16.1. The maximum absolute atomic E-state index is 9.93. The molecule has 1 aliphatic rings. The van der Waals surface area contributed by atoms with Crippen molar-refractivity contribution in [1.29, 1.82) is 0 Å². The van der Waals surface area contributed by atoms with Gasteiger partial charge in [-0.2, -0.15) is 0 Å². The Labute approximate surface area is 67.6 Å². The molecule has 0 spiro atoms. The summed E-state index contributed by atoms with van der Waals surface area (Å²) in [5, 5.41) is 0. The van der Waals surface area contributed by atoms with Crippen molar-refractivity contribution in [2.24, 2.45) is 5.92 Å². The van der Waals surface area contributed by atoms with Crippen LogP contribution in [0.4, 0.5) is 0 Å². The lowest BCUT2D eigenvalue weighted by molar-refractivity contribution is -0.103. The Balaban J connectivity index is 2.35. The quantitative estimate of drug-likeness (QED) is 0.402. The molecule has 1 heterocycles. The molecular weight excluding hydrogens is 138 g/mol. The van der Waals surface area contributed by atoms with Crippen molar-refractivity contribution < 1.29 is 4.79 Å². The number of carbonyl (C=O) groups is 1. The number of nitrogens with zero attached hydrogens (tertiary/aromatic N) is 1. The third-order valence-corrected chi connectivity index (χ3v) is 2.07. The molecule has 1 rings (SSSR count). The summed E-state index contributed by atoms with van der Waals surface area (Å²) >= 11 is 0. The van der Waals surface area contributed by atoms with Gasteiger partial charge >= 0.3 is 0 Å². The van der Waals surface area contributed by atoms with Crippen LogP contribution in [0.5, 0.6) is 0 Å². The van der Waals surface area contributed by atoms with Crippen LogP contribution in [0.1, 0.15) is 13.3 Å². The molecule has 2 nitrogen and oxygen atoms in total. The summed E-state index contributed by atoms with van der Waals surface area (Å²) in [6, 6.07) is 0. The maximum Gasteiger partial charge on any atom is 0.192 e. The smallest absolute Gasteiger partial charge is 0.192 e. The van der Waals surface area contributed by atoms with E-state index < -0.39 is 0 Å². The SMILES string of the molecule is CCN1CCC(C#CC=O)C1. The third kappa shape index (κ3) is 2.36. The van der Waals surface area contributed by atoms with Crippen molar-refractivity contribution in [2.45, 2.75) is 13.3 Å². The first kappa shape index (κ1) is 8.29. The van der Waals surface area contributed by atoms with Crippen molar-refractivity contribution in [3.05, 3.63) is 0 Å². The van der Waals surface area contributed by atoms with Crippen molar-refractivity contribution >= 4 is 6.29 Å². The van der Waals surface area contributed by atoms with Gasteiger partial charge in [0.1, 0.15) is 0 Å². The van der Waals surface area contributed by atoms with E-state index in [9.17, 15) is 4.79 Å². The van der Waals surface area contributed by atoms with Crippen LogP contribution >= 0.6 is 0 Å². The first-order chi connectivity index (χ1) is 5.36. The zero-order valence-corrected chi connectivity index (χ0v) is 6.84. The molecular formula is C9H13NO. The summed E-state index contributed by atoms with van der Waals surface area (Å²) < 4.78 is 0. The molecule has 0 radical (unpaired) electrons. The van der Waals surface area contributed by atoms with Crippen LogP contribution < -0.4 is 0 Å². The van der Waals surface area contributed by atoms with E-state index in [-0.39, 0.29) is 0 Å². The molecule has 2 heteroatoms. The van der Waals surface area contributed by atoms with Crippen LogP contribution in [0.3, 0.4) is 0 Å². The Morgan fingerprint density at radius 1 is 1.73 bits per heavy atom. The Morgan fingerprint density at radius 2 is 2.55 bits per heavy atom. The van der Waals surface area contributed by atoms with Crippen LogP contribution in [0.15, 0.2) is 0 Å². The molecule has 1 fully saturated rings. The van der Waals surface area contributed by atoms with Gasteiger partial charge in [-0.1, -0.05) is 12.8 Å². The molecule has 0 aromatic carbocycles. The molecule has 0 aromatic rings. The van der Waals surface area contributed by atoms with Gasteiger partial charge in [0.15, 0.2) is 6.29 Å². The van der Waals surface area contributed by atoms with Gasteiger partial charge in [-0.25, -0.2) is 0 Å². The average molecular weight is 151 g/mol. The molecule has 1 unspecified atom stereocenters. The van der Waals surface area contributed by atoms with E-state index in [1.54, 1.807) is 0 Å². The van der Waals surface area contributed by atoms with Crippen LogP contribution in [0, 0.1) is 17.8 Å². The van der Waals surface area contributed by atoms with Gasteiger partial charge < -0.3 is 4.90 Å². The molecule has 1 atom stereocenters. The summed E-state index contributed by atoms with van der Waals surface area (Å²) in [6.45, 7) is 5.42. The number of likely N-dealkylation sites (tertiary alicyclic amines) is 1. The van der Waals surface area contributed by atoms with E-state index in [4.69, 9.17) is 0 Å². The Hall–Kier alpha value is -0.810. The highest BCUT2D eigenvalue weighted by Crippen LogP contribution is 2.13. The largest absolute Gasteiger partial charge is 0.302 e. The number of carbonyl (C=O) groups excluding carboxylic acids is 1. The van der Waals surface area contributed by atoms with Gasteiger partial charge in [-0.3, -0.25) is 4.79 Å². The van der Waals surface area contributed by atoms with Crippen molar-refractivity contribution in [1.82, 2.24) is 4.90 Å². The zero-order valence-electron chi connectivity index (χ0n) is 6.84. The third-order valence-electron chi connectivity index (χ3n) is 2.07. The predicted molar refractivity (Wildman–Crippen MR) is 44.1 cm³/mol. The number of aldehydes is 1. The molecule has 0 aromatic heterocycles. The summed E-state index contributed by atoms with van der Waals surface area (Å²) in [5.41, 5.74) is 0. The topological polar surface area (TPSA) is 20.3 Å². The first-order valence-electron chi connectivity index (χ1n) is 4.04. The minimum Gasteiger partial charge on any atom is -0.302 e.